The van der Waals surface area contributed by atoms with Gasteiger partial charge >= 0.3 is 0 Å². The first kappa shape index (κ1) is 12.9. The lowest BCUT2D eigenvalue weighted by molar-refractivity contribution is -0.0128. The molecule has 19 heavy (non-hydrogen) atoms. The largest absolute Gasteiger partial charge is 0.491 e. The molecule has 1 saturated heterocycles. The minimum atomic E-state index is -0.662. The predicted molar refractivity (Wildman–Crippen MR) is 70.6 cm³/mol. The topological polar surface area (TPSA) is 32.7 Å². The van der Waals surface area contributed by atoms with Gasteiger partial charge in [-0.15, -0.1) is 0 Å². The number of halogens is 1. The van der Waals surface area contributed by atoms with Gasteiger partial charge in [0.2, 0.25) is 0 Å². The highest BCUT2D eigenvalue weighted by Gasteiger charge is 2.35. The summed E-state index contributed by atoms with van der Waals surface area (Å²) in [6.07, 6.45) is 1.73. The molecule has 2 heterocycles. The second-order valence-corrected chi connectivity index (χ2v) is 5.75. The number of benzene rings is 1. The monoisotopic (exact) mass is 265 g/mol. The number of piperidine rings is 1. The van der Waals surface area contributed by atoms with Crippen LogP contribution in [0.15, 0.2) is 18.2 Å². The third-order valence-corrected chi connectivity index (χ3v) is 4.22. The molecular formula is C15H20FNO2. The van der Waals surface area contributed by atoms with E-state index in [1.807, 2.05) is 0 Å². The first-order chi connectivity index (χ1) is 9.15. The van der Waals surface area contributed by atoms with E-state index in [1.54, 1.807) is 6.07 Å². The summed E-state index contributed by atoms with van der Waals surface area (Å²) < 4.78 is 19.0. The summed E-state index contributed by atoms with van der Waals surface area (Å²) in [5.74, 6) is 0.930. The maximum absolute atomic E-state index is 13.3. The molecule has 3 rings (SSSR count). The Hall–Kier alpha value is -1.13. The number of nitrogens with zero attached hydrogens (tertiary/aromatic N) is 1. The lowest BCUT2D eigenvalue weighted by Gasteiger charge is -2.41. The molecule has 104 valence electrons. The lowest BCUT2D eigenvalue weighted by atomic mass is 9.93. The molecule has 4 heteroatoms. The molecule has 2 aliphatic rings. The number of aliphatic hydroxyl groups excluding tert-OH is 1. The molecule has 0 spiro atoms. The van der Waals surface area contributed by atoms with Crippen molar-refractivity contribution in [2.24, 2.45) is 5.92 Å². The minimum Gasteiger partial charge on any atom is -0.491 e. The maximum atomic E-state index is 13.3. The third kappa shape index (κ3) is 2.47. The van der Waals surface area contributed by atoms with Gasteiger partial charge in [0.15, 0.2) is 0 Å². The zero-order valence-corrected chi connectivity index (χ0v) is 11.2. The van der Waals surface area contributed by atoms with Crippen LogP contribution in [-0.4, -0.2) is 35.7 Å². The molecule has 0 aliphatic carbocycles. The number of aliphatic hydroxyl groups is 1. The van der Waals surface area contributed by atoms with Crippen LogP contribution in [0.2, 0.25) is 0 Å². The zero-order chi connectivity index (χ0) is 13.4. The fourth-order valence-electron chi connectivity index (χ4n) is 3.19. The highest BCUT2D eigenvalue weighted by molar-refractivity contribution is 5.38. The van der Waals surface area contributed by atoms with Crippen molar-refractivity contribution in [1.29, 1.82) is 0 Å². The van der Waals surface area contributed by atoms with Gasteiger partial charge in [0.25, 0.3) is 0 Å². The van der Waals surface area contributed by atoms with Crippen LogP contribution in [0.1, 0.15) is 31.4 Å². The van der Waals surface area contributed by atoms with Gasteiger partial charge in [0.05, 0.1) is 6.04 Å². The number of fused-ring (bicyclic) bond motifs is 1. The van der Waals surface area contributed by atoms with Crippen molar-refractivity contribution in [3.8, 4) is 5.75 Å². The third-order valence-electron chi connectivity index (χ3n) is 4.22. The molecule has 1 aromatic rings. The zero-order valence-electron chi connectivity index (χ0n) is 11.2. The van der Waals surface area contributed by atoms with Gasteiger partial charge in [-0.3, -0.25) is 4.90 Å². The van der Waals surface area contributed by atoms with Crippen LogP contribution in [0.25, 0.3) is 0 Å². The average Bonchev–Trinajstić information content (AvgIpc) is 2.40. The molecule has 3 unspecified atom stereocenters. The summed E-state index contributed by atoms with van der Waals surface area (Å²) in [7, 11) is 0. The van der Waals surface area contributed by atoms with Gasteiger partial charge in [-0.05, 0) is 43.5 Å². The SMILES string of the molecule is CC1CCCN(C2COc3ccc(F)cc3C2O)C1. The molecule has 0 bridgehead atoms. The van der Waals surface area contributed by atoms with Crippen LogP contribution >= 0.6 is 0 Å². The van der Waals surface area contributed by atoms with E-state index in [9.17, 15) is 9.50 Å². The highest BCUT2D eigenvalue weighted by Crippen LogP contribution is 2.35. The summed E-state index contributed by atoms with van der Waals surface area (Å²) in [5.41, 5.74) is 0.578. The number of hydrogen-bond acceptors (Lipinski definition) is 3. The van der Waals surface area contributed by atoms with E-state index >= 15 is 0 Å². The van der Waals surface area contributed by atoms with Crippen molar-refractivity contribution in [2.45, 2.75) is 31.9 Å². The molecule has 1 fully saturated rings. The van der Waals surface area contributed by atoms with Crippen molar-refractivity contribution in [2.75, 3.05) is 19.7 Å². The molecule has 0 radical (unpaired) electrons. The van der Waals surface area contributed by atoms with E-state index in [4.69, 9.17) is 4.74 Å². The van der Waals surface area contributed by atoms with Crippen LogP contribution in [0.3, 0.4) is 0 Å². The molecule has 3 atom stereocenters. The Bertz CT molecular complexity index is 465. The first-order valence-electron chi connectivity index (χ1n) is 6.99. The van der Waals surface area contributed by atoms with Crippen LogP contribution < -0.4 is 4.74 Å². The quantitative estimate of drug-likeness (QED) is 0.846. The molecule has 0 saturated carbocycles. The van der Waals surface area contributed by atoms with Crippen LogP contribution in [0.5, 0.6) is 5.75 Å². The van der Waals surface area contributed by atoms with Crippen LogP contribution in [-0.2, 0) is 0 Å². The Labute approximate surface area is 113 Å². The Morgan fingerprint density at radius 2 is 2.26 bits per heavy atom. The summed E-state index contributed by atoms with van der Waals surface area (Å²) in [4.78, 5) is 2.28. The molecule has 0 aromatic heterocycles. The van der Waals surface area contributed by atoms with Gasteiger partial charge in [-0.2, -0.15) is 0 Å². The minimum absolute atomic E-state index is 0.0583. The second-order valence-electron chi connectivity index (χ2n) is 5.75. The predicted octanol–water partition coefficient (Wildman–Crippen LogP) is 2.35. The lowest BCUT2D eigenvalue weighted by Crippen LogP contribution is -2.49. The Morgan fingerprint density at radius 1 is 1.42 bits per heavy atom. The number of ether oxygens (including phenoxy) is 1. The van der Waals surface area contributed by atoms with Gasteiger partial charge < -0.3 is 9.84 Å². The number of rotatable bonds is 1. The Kier molecular flexibility index (Phi) is 3.46. The smallest absolute Gasteiger partial charge is 0.125 e. The van der Waals surface area contributed by atoms with Crippen molar-refractivity contribution in [3.05, 3.63) is 29.6 Å². The molecular weight excluding hydrogens is 245 g/mol. The number of hydrogen-bond donors (Lipinski definition) is 1. The van der Waals surface area contributed by atoms with Gasteiger partial charge in [-0.25, -0.2) is 4.39 Å². The summed E-state index contributed by atoms with van der Waals surface area (Å²) in [6, 6.07) is 4.30. The van der Waals surface area contributed by atoms with Gasteiger partial charge in [-0.1, -0.05) is 6.92 Å². The second kappa shape index (κ2) is 5.10. The van der Waals surface area contributed by atoms with E-state index in [2.05, 4.69) is 11.8 Å². The maximum Gasteiger partial charge on any atom is 0.125 e. The van der Waals surface area contributed by atoms with Crippen molar-refractivity contribution in [1.82, 2.24) is 4.90 Å². The van der Waals surface area contributed by atoms with E-state index in [-0.39, 0.29) is 11.9 Å². The normalized spacial score (nSPS) is 31.6. The molecule has 0 amide bonds. The fourth-order valence-corrected chi connectivity index (χ4v) is 3.19. The van der Waals surface area contributed by atoms with Crippen molar-refractivity contribution in [3.63, 3.8) is 0 Å². The van der Waals surface area contributed by atoms with Crippen LogP contribution in [0, 0.1) is 11.7 Å². The fraction of sp³-hybridized carbons (Fsp3) is 0.600. The molecule has 3 nitrogen and oxygen atoms in total. The van der Waals surface area contributed by atoms with Crippen molar-refractivity contribution < 1.29 is 14.2 Å². The highest BCUT2D eigenvalue weighted by atomic mass is 19.1. The van der Waals surface area contributed by atoms with Crippen LogP contribution in [0.4, 0.5) is 4.39 Å². The summed E-state index contributed by atoms with van der Waals surface area (Å²) >= 11 is 0. The summed E-state index contributed by atoms with van der Waals surface area (Å²) in [5, 5.41) is 10.5. The van der Waals surface area contributed by atoms with E-state index in [0.29, 0.717) is 23.8 Å². The van der Waals surface area contributed by atoms with E-state index in [1.165, 1.54) is 18.6 Å². The Morgan fingerprint density at radius 3 is 3.05 bits per heavy atom. The molecule has 1 N–H and O–H groups in total. The molecule has 2 aliphatic heterocycles. The Balaban J connectivity index is 1.82. The first-order valence-corrected chi connectivity index (χ1v) is 6.99. The number of likely N-dealkylation sites (tertiary alicyclic amines) is 1. The average molecular weight is 265 g/mol. The molecule has 1 aromatic carbocycles. The van der Waals surface area contributed by atoms with E-state index < -0.39 is 6.10 Å². The standard InChI is InChI=1S/C15H20FNO2/c1-10-3-2-6-17(8-10)13-9-19-14-5-4-11(16)7-12(14)15(13)18/h4-5,7,10,13,15,18H,2-3,6,8-9H2,1H3. The van der Waals surface area contributed by atoms with Gasteiger partial charge in [0, 0.05) is 12.1 Å². The van der Waals surface area contributed by atoms with Crippen molar-refractivity contribution >= 4 is 0 Å². The van der Waals surface area contributed by atoms with E-state index in [0.717, 1.165) is 19.5 Å². The summed E-state index contributed by atoms with van der Waals surface area (Å²) in [6.45, 7) is 4.68. The van der Waals surface area contributed by atoms with Gasteiger partial charge in [0.1, 0.15) is 24.3 Å².